The van der Waals surface area contributed by atoms with E-state index >= 15 is 0 Å². The van der Waals surface area contributed by atoms with Crippen molar-refractivity contribution in [1.82, 2.24) is 20.4 Å². The first-order valence-electron chi connectivity index (χ1n) is 17.4. The lowest BCUT2D eigenvalue weighted by Crippen LogP contribution is -2.34. The number of hydrogen-bond donors (Lipinski definition) is 2. The van der Waals surface area contributed by atoms with Crippen molar-refractivity contribution in [2.45, 2.75) is 78.3 Å². The molecule has 1 aliphatic carbocycles. The van der Waals surface area contributed by atoms with Gasteiger partial charge < -0.3 is 20.1 Å². The van der Waals surface area contributed by atoms with Crippen molar-refractivity contribution >= 4 is 34.8 Å². The van der Waals surface area contributed by atoms with E-state index in [0.29, 0.717) is 13.1 Å². The highest BCUT2D eigenvalue weighted by atomic mass is 35.5. The Balaban J connectivity index is 1.31. The molecule has 0 unspecified atom stereocenters. The fourth-order valence-electron chi connectivity index (χ4n) is 5.86. The summed E-state index contributed by atoms with van der Waals surface area (Å²) in [5.74, 6) is 0.971. The average molecular weight is 702 g/mol. The Labute approximate surface area is 297 Å². The van der Waals surface area contributed by atoms with Crippen LogP contribution >= 0.6 is 23.2 Å². The van der Waals surface area contributed by atoms with Crippen LogP contribution in [0.25, 0.3) is 0 Å². The molecule has 0 bridgehead atoms. The van der Waals surface area contributed by atoms with E-state index < -0.39 is 11.6 Å². The Hall–Kier alpha value is -3.04. The molecule has 48 heavy (non-hydrogen) atoms. The number of carbonyl (C=O) groups is 2. The molecule has 3 rings (SSSR count). The van der Waals surface area contributed by atoms with Crippen LogP contribution in [0.4, 0.5) is 0 Å². The Bertz CT molecular complexity index is 1280. The minimum absolute atomic E-state index is 0.0970. The van der Waals surface area contributed by atoms with Crippen LogP contribution in [-0.4, -0.2) is 74.9 Å². The maximum Gasteiger partial charge on any atom is 0.224 e. The van der Waals surface area contributed by atoms with Crippen LogP contribution in [0.1, 0.15) is 76.3 Å². The number of nitrogens with one attached hydrogen (secondary N) is 2. The summed E-state index contributed by atoms with van der Waals surface area (Å²) < 4.78 is 11.0. The highest BCUT2D eigenvalue weighted by Gasteiger charge is 2.33. The third kappa shape index (κ3) is 12.1. The Morgan fingerprint density at radius 1 is 0.583 bits per heavy atom. The van der Waals surface area contributed by atoms with Crippen LogP contribution in [0.2, 0.25) is 0 Å². The molecule has 264 valence electrons. The van der Waals surface area contributed by atoms with Crippen molar-refractivity contribution in [3.05, 3.63) is 81.1 Å². The number of Topliss-reactive ketones (excluding diaryl/α,β-unsaturated/α-hetero) is 2. The van der Waals surface area contributed by atoms with Gasteiger partial charge in [0, 0.05) is 37.3 Å². The fraction of sp³-hybridized carbons (Fsp3) is 0.526. The summed E-state index contributed by atoms with van der Waals surface area (Å²) in [5.41, 5.74) is 2.58. The lowest BCUT2D eigenvalue weighted by Gasteiger charge is -2.22. The molecule has 0 aromatic heterocycles. The van der Waals surface area contributed by atoms with Gasteiger partial charge in [0.15, 0.2) is 0 Å². The van der Waals surface area contributed by atoms with Gasteiger partial charge in [-0.1, -0.05) is 99.1 Å². The lowest BCUT2D eigenvalue weighted by atomic mass is 10.0. The summed E-state index contributed by atoms with van der Waals surface area (Å²) in [6, 6.07) is 16.3. The van der Waals surface area contributed by atoms with Gasteiger partial charge in [0.2, 0.25) is 11.6 Å². The Kier molecular flexibility index (Phi) is 17.9. The molecular weight excluding hydrogens is 647 g/mol. The van der Waals surface area contributed by atoms with E-state index in [4.69, 9.17) is 32.7 Å². The van der Waals surface area contributed by atoms with Crippen LogP contribution in [0, 0.1) is 0 Å². The molecule has 10 heteroatoms. The van der Waals surface area contributed by atoms with Gasteiger partial charge in [-0.3, -0.25) is 19.4 Å². The summed E-state index contributed by atoms with van der Waals surface area (Å²) in [4.78, 5) is 30.8. The number of nitrogens with zero attached hydrogens (tertiary/aromatic N) is 2. The number of para-hydroxylation sites is 2. The predicted octanol–water partition coefficient (Wildman–Crippen LogP) is 7.40. The molecule has 0 spiro atoms. The van der Waals surface area contributed by atoms with Crippen molar-refractivity contribution in [2.75, 3.05) is 53.5 Å². The minimum Gasteiger partial charge on any atom is -0.496 e. The number of allylic oxidation sites excluding steroid dienone is 2. The summed E-state index contributed by atoms with van der Waals surface area (Å²) >= 11 is 12.8. The van der Waals surface area contributed by atoms with Crippen LogP contribution in [0.5, 0.6) is 11.5 Å². The number of unbranched alkanes of at least 4 members (excludes halogenated alkanes) is 6. The Morgan fingerprint density at radius 2 is 0.958 bits per heavy atom. The number of ether oxygens (including phenoxy) is 2. The highest BCUT2D eigenvalue weighted by molar-refractivity contribution is 6.55. The van der Waals surface area contributed by atoms with E-state index in [1.165, 1.54) is 11.1 Å². The van der Waals surface area contributed by atoms with E-state index in [0.717, 1.165) is 102 Å². The fourth-order valence-corrected chi connectivity index (χ4v) is 6.36. The summed E-state index contributed by atoms with van der Waals surface area (Å²) in [7, 11) is 3.42. The summed E-state index contributed by atoms with van der Waals surface area (Å²) in [6.45, 7) is 11.1. The lowest BCUT2D eigenvalue weighted by molar-refractivity contribution is -0.116. The smallest absolute Gasteiger partial charge is 0.224 e. The molecule has 0 saturated heterocycles. The van der Waals surface area contributed by atoms with Crippen LogP contribution in [-0.2, 0) is 22.7 Å². The first-order chi connectivity index (χ1) is 23.3. The molecule has 2 aromatic rings. The molecule has 0 aliphatic heterocycles. The summed E-state index contributed by atoms with van der Waals surface area (Å²) in [5, 5.41) is 5.96. The molecule has 0 heterocycles. The van der Waals surface area contributed by atoms with Crippen molar-refractivity contribution in [3.63, 3.8) is 0 Å². The number of carbonyl (C=O) groups excluding carboxylic acids is 2. The van der Waals surface area contributed by atoms with Crippen LogP contribution in [0.3, 0.4) is 0 Å². The Morgan fingerprint density at radius 3 is 1.33 bits per heavy atom. The molecule has 2 N–H and O–H groups in total. The number of hydrogen-bond acceptors (Lipinski definition) is 8. The number of rotatable bonds is 24. The van der Waals surface area contributed by atoms with E-state index in [1.807, 2.05) is 36.4 Å². The second-order valence-electron chi connectivity index (χ2n) is 12.1. The van der Waals surface area contributed by atoms with Crippen molar-refractivity contribution < 1.29 is 19.1 Å². The van der Waals surface area contributed by atoms with Crippen LogP contribution < -0.4 is 20.1 Å². The molecular formula is C38H54Cl2N4O4. The van der Waals surface area contributed by atoms with E-state index in [9.17, 15) is 9.59 Å². The van der Waals surface area contributed by atoms with Crippen molar-refractivity contribution in [2.24, 2.45) is 0 Å². The largest absolute Gasteiger partial charge is 0.496 e. The molecule has 0 amide bonds. The van der Waals surface area contributed by atoms with Gasteiger partial charge in [-0.15, -0.1) is 0 Å². The zero-order valence-corrected chi connectivity index (χ0v) is 30.7. The standard InChI is InChI=1S/C38H54Cl2N4O4/c1-5-43(27-29-19-11-13-21-31(29)47-3)25-17-9-7-15-23-41-35-33(39)38(46)36(34(40)37(35)45)42-24-16-8-10-18-26-44(6-2)28-30-20-12-14-22-32(30)48-4/h11-14,19-22,41-42H,5-10,15-18,23-28H2,1-4H3. The third-order valence-electron chi connectivity index (χ3n) is 8.76. The average Bonchev–Trinajstić information content (AvgIpc) is 3.11. The van der Waals surface area contributed by atoms with Gasteiger partial charge in [-0.2, -0.15) is 0 Å². The number of ketones is 2. The molecule has 0 saturated carbocycles. The van der Waals surface area contributed by atoms with Gasteiger partial charge in [0.05, 0.1) is 14.2 Å². The van der Waals surface area contributed by atoms with E-state index in [-0.39, 0.29) is 21.5 Å². The first kappa shape index (κ1) is 39.4. The zero-order valence-electron chi connectivity index (χ0n) is 29.2. The van der Waals surface area contributed by atoms with Crippen LogP contribution in [0.15, 0.2) is 70.0 Å². The molecule has 0 atom stereocenters. The number of benzene rings is 2. The molecule has 8 nitrogen and oxygen atoms in total. The second kappa shape index (κ2) is 21.8. The van der Waals surface area contributed by atoms with Gasteiger partial charge in [0.25, 0.3) is 0 Å². The zero-order chi connectivity index (χ0) is 34.7. The van der Waals surface area contributed by atoms with Gasteiger partial charge in [-0.05, 0) is 64.0 Å². The van der Waals surface area contributed by atoms with Gasteiger partial charge >= 0.3 is 0 Å². The maximum absolute atomic E-state index is 13.0. The maximum atomic E-state index is 13.0. The third-order valence-corrected chi connectivity index (χ3v) is 9.49. The van der Waals surface area contributed by atoms with E-state index in [2.05, 4.69) is 46.4 Å². The molecule has 2 aromatic carbocycles. The van der Waals surface area contributed by atoms with Gasteiger partial charge in [0.1, 0.15) is 33.0 Å². The minimum atomic E-state index is -0.437. The predicted molar refractivity (Wildman–Crippen MR) is 197 cm³/mol. The SMILES string of the molecule is CCN(CCCCCCNC1=C(Cl)C(=O)C(NCCCCCCN(CC)Cc2ccccc2OC)=C(Cl)C1=O)Cc1ccccc1OC. The highest BCUT2D eigenvalue weighted by Crippen LogP contribution is 2.27. The second-order valence-corrected chi connectivity index (χ2v) is 12.8. The molecule has 1 aliphatic rings. The normalized spacial score (nSPS) is 13.6. The van der Waals surface area contributed by atoms with Crippen molar-refractivity contribution in [1.29, 1.82) is 0 Å². The van der Waals surface area contributed by atoms with Crippen molar-refractivity contribution in [3.8, 4) is 11.5 Å². The topological polar surface area (TPSA) is 83.1 Å². The monoisotopic (exact) mass is 700 g/mol. The van der Waals surface area contributed by atoms with Gasteiger partial charge in [-0.25, -0.2) is 0 Å². The van der Waals surface area contributed by atoms with E-state index in [1.54, 1.807) is 14.2 Å². The molecule has 0 fully saturated rings. The summed E-state index contributed by atoms with van der Waals surface area (Å²) in [6.07, 6.45) is 8.01. The quantitative estimate of drug-likeness (QED) is 0.0866. The first-order valence-corrected chi connectivity index (χ1v) is 18.1. The molecule has 0 radical (unpaired) electrons. The number of halogens is 2. The number of methoxy groups -OCH3 is 2.